The number of rotatable bonds is 9. The molecule has 0 aromatic heterocycles. The molecule has 2 aromatic rings. The van der Waals surface area contributed by atoms with Gasteiger partial charge in [-0.2, -0.15) is 0 Å². The Morgan fingerprint density at radius 2 is 1.48 bits per heavy atom. The first kappa shape index (κ1) is 21.9. The Morgan fingerprint density at radius 1 is 0.931 bits per heavy atom. The highest BCUT2D eigenvalue weighted by Gasteiger charge is 2.49. The second kappa shape index (κ2) is 9.37. The van der Waals surface area contributed by atoms with Gasteiger partial charge in [0.1, 0.15) is 18.3 Å². The van der Waals surface area contributed by atoms with Gasteiger partial charge < -0.3 is 24.1 Å². The van der Waals surface area contributed by atoms with Crippen LogP contribution in [0.5, 0.6) is 0 Å². The molecule has 3 atom stereocenters. The van der Waals surface area contributed by atoms with Gasteiger partial charge in [0, 0.05) is 0 Å². The van der Waals surface area contributed by atoms with Crippen molar-refractivity contribution < 1.29 is 24.1 Å². The van der Waals surface area contributed by atoms with E-state index in [9.17, 15) is 5.11 Å². The molecular formula is C24H32O5. The van der Waals surface area contributed by atoms with E-state index < -0.39 is 23.6 Å². The standard InChI is InChI=1S/C24H32O5/c1-23(2,27-16-19-13-9-6-10-14-19)22(25)21-20(28-24(3,4)29-21)17-26-15-18-11-7-5-8-12-18/h5-14,20-22,25H,15-17H2,1-4H3/t20-,21-,22+/m0/s1. The molecule has 1 N–H and O–H groups in total. The van der Waals surface area contributed by atoms with Crippen LogP contribution in [0.2, 0.25) is 0 Å². The Labute approximate surface area is 173 Å². The Balaban J connectivity index is 1.60. The first-order valence-corrected chi connectivity index (χ1v) is 10.1. The zero-order valence-corrected chi connectivity index (χ0v) is 17.7. The molecule has 1 aliphatic rings. The van der Waals surface area contributed by atoms with Gasteiger partial charge >= 0.3 is 0 Å². The Hall–Kier alpha value is -1.76. The van der Waals surface area contributed by atoms with Crippen LogP contribution in [-0.4, -0.2) is 41.4 Å². The van der Waals surface area contributed by atoms with Gasteiger partial charge in [0.05, 0.1) is 25.4 Å². The van der Waals surface area contributed by atoms with E-state index in [-0.39, 0.29) is 6.10 Å². The molecule has 2 aromatic carbocycles. The summed E-state index contributed by atoms with van der Waals surface area (Å²) in [6.45, 7) is 8.67. The number of hydrogen-bond acceptors (Lipinski definition) is 5. The van der Waals surface area contributed by atoms with Crippen LogP contribution in [0.25, 0.3) is 0 Å². The van der Waals surface area contributed by atoms with E-state index in [0.717, 1.165) is 11.1 Å². The molecule has 5 heteroatoms. The second-order valence-electron chi connectivity index (χ2n) is 8.46. The quantitative estimate of drug-likeness (QED) is 0.687. The van der Waals surface area contributed by atoms with Crippen LogP contribution in [0.15, 0.2) is 60.7 Å². The third-order valence-electron chi connectivity index (χ3n) is 5.09. The molecule has 0 radical (unpaired) electrons. The number of aliphatic hydroxyl groups excluding tert-OH is 1. The van der Waals surface area contributed by atoms with Crippen LogP contribution in [-0.2, 0) is 32.2 Å². The predicted molar refractivity (Wildman–Crippen MR) is 111 cm³/mol. The van der Waals surface area contributed by atoms with Crippen LogP contribution < -0.4 is 0 Å². The van der Waals surface area contributed by atoms with E-state index >= 15 is 0 Å². The number of hydrogen-bond donors (Lipinski definition) is 1. The van der Waals surface area contributed by atoms with E-state index in [2.05, 4.69) is 0 Å². The molecule has 5 nitrogen and oxygen atoms in total. The van der Waals surface area contributed by atoms with Crippen molar-refractivity contribution in [2.24, 2.45) is 0 Å². The SMILES string of the molecule is CC1(C)O[C@H]([C@@H](O)C(C)(C)OCc2ccccc2)[C@H](COCc2ccccc2)O1. The van der Waals surface area contributed by atoms with E-state index in [1.54, 1.807) is 0 Å². The Bertz CT molecular complexity index is 744. The highest BCUT2D eigenvalue weighted by Crippen LogP contribution is 2.34. The topological polar surface area (TPSA) is 57.2 Å². The highest BCUT2D eigenvalue weighted by atomic mass is 16.8. The van der Waals surface area contributed by atoms with Gasteiger partial charge in [-0.05, 0) is 38.8 Å². The lowest BCUT2D eigenvalue weighted by Gasteiger charge is -2.35. The summed E-state index contributed by atoms with van der Waals surface area (Å²) in [7, 11) is 0. The summed E-state index contributed by atoms with van der Waals surface area (Å²) in [6, 6.07) is 19.9. The molecule has 158 valence electrons. The minimum atomic E-state index is -0.877. The lowest BCUT2D eigenvalue weighted by Crippen LogP contribution is -2.51. The molecule has 3 rings (SSSR count). The third-order valence-corrected chi connectivity index (χ3v) is 5.09. The summed E-state index contributed by atoms with van der Waals surface area (Å²) in [4.78, 5) is 0. The van der Waals surface area contributed by atoms with E-state index in [4.69, 9.17) is 18.9 Å². The van der Waals surface area contributed by atoms with Crippen molar-refractivity contribution in [1.29, 1.82) is 0 Å². The van der Waals surface area contributed by atoms with Crippen LogP contribution >= 0.6 is 0 Å². The van der Waals surface area contributed by atoms with Crippen molar-refractivity contribution in [1.82, 2.24) is 0 Å². The lowest BCUT2D eigenvalue weighted by molar-refractivity contribution is -0.184. The maximum atomic E-state index is 11.1. The van der Waals surface area contributed by atoms with Crippen LogP contribution in [0.3, 0.4) is 0 Å². The minimum Gasteiger partial charge on any atom is -0.387 e. The van der Waals surface area contributed by atoms with Gasteiger partial charge in [-0.25, -0.2) is 0 Å². The van der Waals surface area contributed by atoms with Crippen LogP contribution in [0.1, 0.15) is 38.8 Å². The van der Waals surface area contributed by atoms with Crippen molar-refractivity contribution in [3.63, 3.8) is 0 Å². The van der Waals surface area contributed by atoms with Gasteiger partial charge in [0.25, 0.3) is 0 Å². The maximum Gasteiger partial charge on any atom is 0.164 e. The second-order valence-corrected chi connectivity index (χ2v) is 8.46. The zero-order valence-electron chi connectivity index (χ0n) is 17.7. The first-order valence-electron chi connectivity index (χ1n) is 10.1. The smallest absolute Gasteiger partial charge is 0.164 e. The van der Waals surface area contributed by atoms with E-state index in [1.807, 2.05) is 88.4 Å². The molecule has 1 aliphatic heterocycles. The summed E-state index contributed by atoms with van der Waals surface area (Å²) < 4.78 is 24.0. The fourth-order valence-electron chi connectivity index (χ4n) is 3.45. The molecular weight excluding hydrogens is 368 g/mol. The average Bonchev–Trinajstić information content (AvgIpc) is 3.02. The van der Waals surface area contributed by atoms with Crippen molar-refractivity contribution in [2.45, 2.75) is 70.6 Å². The molecule has 0 aliphatic carbocycles. The fourth-order valence-corrected chi connectivity index (χ4v) is 3.45. The predicted octanol–water partition coefficient (Wildman–Crippen LogP) is 4.08. The molecule has 0 saturated carbocycles. The van der Waals surface area contributed by atoms with E-state index in [0.29, 0.717) is 19.8 Å². The van der Waals surface area contributed by atoms with Gasteiger partial charge in [-0.3, -0.25) is 0 Å². The van der Waals surface area contributed by atoms with Gasteiger partial charge in [0.2, 0.25) is 0 Å². The lowest BCUT2D eigenvalue weighted by atomic mass is 9.93. The van der Waals surface area contributed by atoms with E-state index in [1.165, 1.54) is 0 Å². The number of aliphatic hydroxyl groups is 1. The molecule has 0 unspecified atom stereocenters. The fraction of sp³-hybridized carbons (Fsp3) is 0.500. The average molecular weight is 401 g/mol. The maximum absolute atomic E-state index is 11.1. The van der Waals surface area contributed by atoms with Crippen molar-refractivity contribution in [2.75, 3.05) is 6.61 Å². The Kier molecular flexibility index (Phi) is 7.09. The molecule has 0 amide bonds. The van der Waals surface area contributed by atoms with Crippen molar-refractivity contribution in [3.8, 4) is 0 Å². The summed E-state index contributed by atoms with van der Waals surface area (Å²) in [6.07, 6.45) is -1.81. The molecule has 0 bridgehead atoms. The summed E-state index contributed by atoms with van der Waals surface area (Å²) in [5, 5.41) is 11.1. The highest BCUT2D eigenvalue weighted by molar-refractivity contribution is 5.14. The van der Waals surface area contributed by atoms with Crippen LogP contribution in [0.4, 0.5) is 0 Å². The third kappa shape index (κ3) is 6.11. The van der Waals surface area contributed by atoms with Gasteiger partial charge in [-0.1, -0.05) is 60.7 Å². The van der Waals surface area contributed by atoms with Crippen LogP contribution in [0, 0.1) is 0 Å². The zero-order chi connectivity index (χ0) is 20.9. The summed E-state index contributed by atoms with van der Waals surface area (Å²) in [5.41, 5.74) is 1.33. The minimum absolute atomic E-state index is 0.328. The monoisotopic (exact) mass is 400 g/mol. The van der Waals surface area contributed by atoms with Gasteiger partial charge in [-0.15, -0.1) is 0 Å². The first-order chi connectivity index (χ1) is 13.8. The number of benzene rings is 2. The molecule has 1 fully saturated rings. The normalized spacial score (nSPS) is 22.5. The number of ether oxygens (including phenoxy) is 4. The van der Waals surface area contributed by atoms with Gasteiger partial charge in [0.15, 0.2) is 5.79 Å². The summed E-state index contributed by atoms with van der Waals surface area (Å²) in [5.74, 6) is -0.790. The molecule has 1 saturated heterocycles. The molecule has 0 spiro atoms. The van der Waals surface area contributed by atoms with Crippen molar-refractivity contribution in [3.05, 3.63) is 71.8 Å². The molecule has 1 heterocycles. The molecule has 29 heavy (non-hydrogen) atoms. The summed E-state index contributed by atoms with van der Waals surface area (Å²) >= 11 is 0. The van der Waals surface area contributed by atoms with Crippen molar-refractivity contribution >= 4 is 0 Å². The largest absolute Gasteiger partial charge is 0.387 e. The Morgan fingerprint density at radius 3 is 2.07 bits per heavy atom.